The summed E-state index contributed by atoms with van der Waals surface area (Å²) < 4.78 is 14.3. The monoisotopic (exact) mass is 154 g/mol. The van der Waals surface area contributed by atoms with Crippen molar-refractivity contribution >= 4 is 6.16 Å². The number of halogens is 1. The molecule has 5 heteroatoms. The first-order valence-corrected chi connectivity index (χ1v) is 2.09. The Labute approximate surface area is 58.6 Å². The van der Waals surface area contributed by atoms with Crippen molar-refractivity contribution in [3.63, 3.8) is 0 Å². The van der Waals surface area contributed by atoms with E-state index in [1.807, 2.05) is 0 Å². The molecule has 10 heavy (non-hydrogen) atoms. The van der Waals surface area contributed by atoms with Crippen molar-refractivity contribution in [1.82, 2.24) is 0 Å². The first-order valence-electron chi connectivity index (χ1n) is 2.09. The number of rotatable bonds is 0. The molecule has 0 bridgehead atoms. The lowest BCUT2D eigenvalue weighted by Crippen LogP contribution is -1.81. The highest BCUT2D eigenvalue weighted by Crippen LogP contribution is 1.48. The number of hydrogen-bond acceptors (Lipinski definition) is 2. The molecule has 2 N–H and O–H groups in total. The van der Waals surface area contributed by atoms with Crippen LogP contribution in [0.5, 0.6) is 0 Å². The van der Waals surface area contributed by atoms with Gasteiger partial charge in [0.15, 0.2) is 0 Å². The van der Waals surface area contributed by atoms with Gasteiger partial charge in [0, 0.05) is 14.2 Å². The second kappa shape index (κ2) is 24.7. The predicted octanol–water partition coefficient (Wildman–Crippen LogP) is 1.58. The quantitative estimate of drug-likeness (QED) is 0.555. The fraction of sp³-hybridized carbons (Fsp3) is 0.400. The maximum Gasteiger partial charge on any atom is 0.503 e. The third-order valence-electron chi connectivity index (χ3n) is 0. The van der Waals surface area contributed by atoms with Crippen LogP contribution < -0.4 is 0 Å². The largest absolute Gasteiger partial charge is 0.503 e. The van der Waals surface area contributed by atoms with Crippen LogP contribution in [0, 0.1) is 0 Å². The fourth-order valence-electron chi connectivity index (χ4n) is 0. The van der Waals surface area contributed by atoms with Gasteiger partial charge in [-0.05, 0) is 0 Å². The number of methoxy groups -OCH3 is 1. The normalized spacial score (nSPS) is 5.50. The van der Waals surface area contributed by atoms with E-state index in [2.05, 4.69) is 11.3 Å². The molecule has 0 radical (unpaired) electrons. The maximum absolute atomic E-state index is 10.1. The van der Waals surface area contributed by atoms with E-state index in [0.717, 1.165) is 0 Å². The van der Waals surface area contributed by atoms with Gasteiger partial charge < -0.3 is 14.9 Å². The molecule has 0 atom stereocenters. The van der Waals surface area contributed by atoms with Crippen molar-refractivity contribution in [2.24, 2.45) is 0 Å². The maximum atomic E-state index is 10.1. The Morgan fingerprint density at radius 3 is 1.60 bits per heavy atom. The minimum atomic E-state index is -1.83. The molecule has 0 rings (SSSR count). The zero-order chi connectivity index (χ0) is 8.99. The van der Waals surface area contributed by atoms with E-state index >= 15 is 0 Å². The molecule has 0 amide bonds. The highest BCUT2D eigenvalue weighted by atomic mass is 19.1. The Morgan fingerprint density at radius 2 is 1.60 bits per heavy atom. The second-order valence-electron chi connectivity index (χ2n) is 0.845. The first-order chi connectivity index (χ1) is 4.56. The van der Waals surface area contributed by atoms with Gasteiger partial charge in [-0.15, -0.1) is 0 Å². The topological polar surface area (TPSA) is 66.8 Å². The summed E-state index contributed by atoms with van der Waals surface area (Å²) in [6.07, 6.45) is -1.58. The molecule has 0 aliphatic carbocycles. The standard InChI is InChI=1S/C2H3F.C2H6O.CH2O3/c1-2-3;1-3-2;2-1(3)4/h2H,1H2;1-2H3;(H2,2,3,4). The van der Waals surface area contributed by atoms with Crippen LogP contribution in [-0.2, 0) is 4.74 Å². The number of hydrogen-bond donors (Lipinski definition) is 2. The van der Waals surface area contributed by atoms with Gasteiger partial charge in [0.2, 0.25) is 0 Å². The first kappa shape index (κ1) is 16.0. The fourth-order valence-corrected chi connectivity index (χ4v) is 0. The molecule has 0 fully saturated rings. The zero-order valence-corrected chi connectivity index (χ0v) is 5.87. The van der Waals surface area contributed by atoms with Crippen LogP contribution in [0.15, 0.2) is 12.9 Å². The minimum absolute atomic E-state index is 0.250. The van der Waals surface area contributed by atoms with E-state index in [1.165, 1.54) is 0 Å². The average molecular weight is 154 g/mol. The number of carbonyl (C=O) groups is 1. The van der Waals surface area contributed by atoms with Gasteiger partial charge in [-0.1, -0.05) is 6.58 Å². The van der Waals surface area contributed by atoms with E-state index < -0.39 is 6.16 Å². The van der Waals surface area contributed by atoms with E-state index in [4.69, 9.17) is 15.0 Å². The molecule has 0 aromatic carbocycles. The van der Waals surface area contributed by atoms with Gasteiger partial charge >= 0.3 is 6.16 Å². The molecular formula is C5H11FO4. The molecule has 0 saturated carbocycles. The van der Waals surface area contributed by atoms with E-state index in [-0.39, 0.29) is 6.33 Å². The summed E-state index contributed by atoms with van der Waals surface area (Å²) in [5.74, 6) is 0. The van der Waals surface area contributed by atoms with Gasteiger partial charge in [0.05, 0.1) is 6.33 Å². The van der Waals surface area contributed by atoms with E-state index in [9.17, 15) is 4.39 Å². The number of carboxylic acid groups (broad SMARTS) is 2. The van der Waals surface area contributed by atoms with Crippen LogP contribution in [0.1, 0.15) is 0 Å². The Balaban J connectivity index is -0.0000000750. The molecule has 0 unspecified atom stereocenters. The van der Waals surface area contributed by atoms with Crippen molar-refractivity contribution in [2.45, 2.75) is 0 Å². The average Bonchev–Trinajstić information content (AvgIpc) is 1.65. The Hall–Kier alpha value is -1.10. The van der Waals surface area contributed by atoms with E-state index in [0.29, 0.717) is 0 Å². The summed E-state index contributed by atoms with van der Waals surface area (Å²) >= 11 is 0. The molecule has 0 aliphatic rings. The lowest BCUT2D eigenvalue weighted by Gasteiger charge is -1.61. The highest BCUT2D eigenvalue weighted by Gasteiger charge is 1.70. The summed E-state index contributed by atoms with van der Waals surface area (Å²) in [6.45, 7) is 2.69. The van der Waals surface area contributed by atoms with Gasteiger partial charge in [-0.3, -0.25) is 0 Å². The summed E-state index contributed by atoms with van der Waals surface area (Å²) in [4.78, 5) is 8.56. The summed E-state index contributed by atoms with van der Waals surface area (Å²) in [7, 11) is 3.25. The smallest absolute Gasteiger partial charge is 0.450 e. The van der Waals surface area contributed by atoms with Gasteiger partial charge in [0.1, 0.15) is 0 Å². The predicted molar refractivity (Wildman–Crippen MR) is 34.9 cm³/mol. The van der Waals surface area contributed by atoms with Crippen LogP contribution in [0.25, 0.3) is 0 Å². The van der Waals surface area contributed by atoms with Crippen LogP contribution in [-0.4, -0.2) is 30.6 Å². The van der Waals surface area contributed by atoms with Crippen molar-refractivity contribution in [1.29, 1.82) is 0 Å². The van der Waals surface area contributed by atoms with Crippen LogP contribution in [0.4, 0.5) is 9.18 Å². The Morgan fingerprint density at radius 1 is 1.60 bits per heavy atom. The van der Waals surface area contributed by atoms with E-state index in [1.54, 1.807) is 14.2 Å². The number of ether oxygens (including phenoxy) is 1. The third-order valence-corrected chi connectivity index (χ3v) is 0. The van der Waals surface area contributed by atoms with Crippen molar-refractivity contribution in [2.75, 3.05) is 14.2 Å². The summed E-state index contributed by atoms with van der Waals surface area (Å²) in [5, 5.41) is 13.9. The molecule has 62 valence electrons. The lowest BCUT2D eigenvalue weighted by molar-refractivity contribution is 0.137. The molecular weight excluding hydrogens is 143 g/mol. The molecule has 0 saturated heterocycles. The SMILES string of the molecule is C=CF.COC.O=C(O)O. The van der Waals surface area contributed by atoms with Gasteiger partial charge in [-0.2, -0.15) is 0 Å². The van der Waals surface area contributed by atoms with Gasteiger partial charge in [-0.25, -0.2) is 9.18 Å². The highest BCUT2D eigenvalue weighted by molar-refractivity contribution is 5.53. The summed E-state index contributed by atoms with van der Waals surface area (Å²) in [6, 6.07) is 0. The zero-order valence-electron chi connectivity index (χ0n) is 5.87. The Bertz CT molecular complexity index is 70.0. The van der Waals surface area contributed by atoms with Crippen molar-refractivity contribution < 1.29 is 24.1 Å². The van der Waals surface area contributed by atoms with Crippen LogP contribution >= 0.6 is 0 Å². The molecule has 0 heterocycles. The molecule has 0 spiro atoms. The molecule has 0 aromatic rings. The van der Waals surface area contributed by atoms with Crippen LogP contribution in [0.3, 0.4) is 0 Å². The molecule has 0 aromatic heterocycles. The summed E-state index contributed by atoms with van der Waals surface area (Å²) in [5.41, 5.74) is 0. The van der Waals surface area contributed by atoms with Crippen molar-refractivity contribution in [3.8, 4) is 0 Å². The third kappa shape index (κ3) is 199. The second-order valence-corrected chi connectivity index (χ2v) is 0.845. The molecule has 0 aliphatic heterocycles. The lowest BCUT2D eigenvalue weighted by atomic mass is 11.2. The van der Waals surface area contributed by atoms with Crippen molar-refractivity contribution in [3.05, 3.63) is 12.9 Å². The van der Waals surface area contributed by atoms with Gasteiger partial charge in [0.25, 0.3) is 0 Å². The minimum Gasteiger partial charge on any atom is -0.450 e. The van der Waals surface area contributed by atoms with Crippen LogP contribution in [0.2, 0.25) is 0 Å². The molecule has 4 nitrogen and oxygen atoms in total. The Kier molecular flexibility index (Phi) is 39.5.